The van der Waals surface area contributed by atoms with Crippen molar-refractivity contribution in [3.8, 4) is 5.75 Å². The minimum absolute atomic E-state index is 0.194. The Kier molecular flexibility index (Phi) is 5.53. The van der Waals surface area contributed by atoms with E-state index in [0.29, 0.717) is 23.6 Å². The van der Waals surface area contributed by atoms with Gasteiger partial charge in [0.2, 0.25) is 0 Å². The minimum atomic E-state index is -0.353. The molecule has 0 aliphatic carbocycles. The van der Waals surface area contributed by atoms with Crippen molar-refractivity contribution < 1.29 is 14.3 Å². The molecule has 0 spiro atoms. The summed E-state index contributed by atoms with van der Waals surface area (Å²) in [6, 6.07) is 7.70. The molecule has 2 aromatic heterocycles. The zero-order valence-electron chi connectivity index (χ0n) is 15.3. The van der Waals surface area contributed by atoms with Crippen LogP contribution in [0, 0.1) is 0 Å². The first-order chi connectivity index (χ1) is 12.5. The van der Waals surface area contributed by atoms with Crippen molar-refractivity contribution in [2.24, 2.45) is 4.99 Å². The van der Waals surface area contributed by atoms with Crippen LogP contribution >= 0.6 is 11.3 Å². The number of rotatable bonds is 6. The second-order valence-electron chi connectivity index (χ2n) is 6.05. The molecule has 0 bridgehead atoms. The number of aromatic nitrogens is 3. The van der Waals surface area contributed by atoms with E-state index in [4.69, 9.17) is 9.47 Å². The molecule has 3 rings (SSSR count). The number of methoxy groups -OCH3 is 2. The Bertz CT molecular complexity index is 984. The van der Waals surface area contributed by atoms with Gasteiger partial charge in [-0.15, -0.1) is 0 Å². The summed E-state index contributed by atoms with van der Waals surface area (Å²) in [5, 5.41) is 4.30. The highest BCUT2D eigenvalue weighted by atomic mass is 32.1. The second kappa shape index (κ2) is 7.84. The SMILES string of the molecule is COCCn1c(=NC(=O)c2ccn(C(C)C)n2)sc2cc(OC)ccc21. The van der Waals surface area contributed by atoms with E-state index in [1.165, 1.54) is 11.3 Å². The highest BCUT2D eigenvalue weighted by Gasteiger charge is 2.13. The fourth-order valence-electron chi connectivity index (χ4n) is 2.55. The summed E-state index contributed by atoms with van der Waals surface area (Å²) in [4.78, 5) is 17.5. The fraction of sp³-hybridized carbons (Fsp3) is 0.389. The number of thiazole rings is 1. The molecule has 0 atom stereocenters. The van der Waals surface area contributed by atoms with Crippen molar-refractivity contribution in [1.29, 1.82) is 0 Å². The normalized spacial score (nSPS) is 12.3. The predicted octanol–water partition coefficient (Wildman–Crippen LogP) is 2.88. The molecule has 0 aliphatic rings. The summed E-state index contributed by atoms with van der Waals surface area (Å²) in [6.07, 6.45) is 1.79. The molecule has 1 aromatic carbocycles. The number of hydrogen-bond acceptors (Lipinski definition) is 5. The van der Waals surface area contributed by atoms with Crippen molar-refractivity contribution in [3.05, 3.63) is 41.0 Å². The molecule has 0 saturated heterocycles. The lowest BCUT2D eigenvalue weighted by Gasteiger charge is -2.05. The summed E-state index contributed by atoms with van der Waals surface area (Å²) in [6.45, 7) is 5.16. The molecular formula is C18H22N4O3S. The van der Waals surface area contributed by atoms with Crippen LogP contribution in [-0.2, 0) is 11.3 Å². The standard InChI is InChI=1S/C18H22N4O3S/c1-12(2)22-8-7-14(20-22)17(23)19-18-21(9-10-24-3)15-6-5-13(25-4)11-16(15)26-18/h5-8,11-12H,9-10H2,1-4H3. The van der Waals surface area contributed by atoms with Gasteiger partial charge in [0.25, 0.3) is 5.91 Å². The van der Waals surface area contributed by atoms with Gasteiger partial charge in [-0.05, 0) is 38.1 Å². The van der Waals surface area contributed by atoms with Crippen molar-refractivity contribution >= 4 is 27.5 Å². The van der Waals surface area contributed by atoms with Crippen LogP contribution in [0.2, 0.25) is 0 Å². The first-order valence-electron chi connectivity index (χ1n) is 8.34. The summed E-state index contributed by atoms with van der Waals surface area (Å²) in [5.74, 6) is 0.417. The monoisotopic (exact) mass is 374 g/mol. The Morgan fingerprint density at radius 3 is 2.77 bits per heavy atom. The molecule has 0 N–H and O–H groups in total. The summed E-state index contributed by atoms with van der Waals surface area (Å²) in [7, 11) is 3.28. The third-order valence-electron chi connectivity index (χ3n) is 3.96. The van der Waals surface area contributed by atoms with Crippen LogP contribution in [0.4, 0.5) is 0 Å². The molecule has 138 valence electrons. The Hall–Kier alpha value is -2.45. The van der Waals surface area contributed by atoms with E-state index in [-0.39, 0.29) is 11.9 Å². The van der Waals surface area contributed by atoms with Crippen molar-refractivity contribution in [1.82, 2.24) is 14.3 Å². The molecule has 0 saturated carbocycles. The first-order valence-corrected chi connectivity index (χ1v) is 9.15. The van der Waals surface area contributed by atoms with Crippen molar-refractivity contribution in [2.75, 3.05) is 20.8 Å². The Labute approximate surface area is 155 Å². The average Bonchev–Trinajstić information content (AvgIpc) is 3.24. The van der Waals surface area contributed by atoms with Crippen LogP contribution in [0.1, 0.15) is 30.4 Å². The Balaban J connectivity index is 2.05. The number of hydrogen-bond donors (Lipinski definition) is 0. The van der Waals surface area contributed by atoms with Gasteiger partial charge in [-0.2, -0.15) is 10.1 Å². The van der Waals surface area contributed by atoms with E-state index in [1.807, 2.05) is 36.6 Å². The van der Waals surface area contributed by atoms with E-state index >= 15 is 0 Å². The fourth-order valence-corrected chi connectivity index (χ4v) is 3.63. The second-order valence-corrected chi connectivity index (χ2v) is 7.06. The van der Waals surface area contributed by atoms with Crippen LogP contribution in [0.5, 0.6) is 5.75 Å². The number of nitrogens with zero attached hydrogens (tertiary/aromatic N) is 4. The van der Waals surface area contributed by atoms with Gasteiger partial charge in [0.1, 0.15) is 5.75 Å². The predicted molar refractivity (Wildman–Crippen MR) is 101 cm³/mol. The maximum absolute atomic E-state index is 12.6. The van der Waals surface area contributed by atoms with Crippen molar-refractivity contribution in [2.45, 2.75) is 26.4 Å². The van der Waals surface area contributed by atoms with E-state index < -0.39 is 0 Å². The molecule has 7 nitrogen and oxygen atoms in total. The number of fused-ring (bicyclic) bond motifs is 1. The van der Waals surface area contributed by atoms with Crippen molar-refractivity contribution in [3.63, 3.8) is 0 Å². The van der Waals surface area contributed by atoms with Crippen LogP contribution < -0.4 is 9.54 Å². The number of carbonyl (C=O) groups is 1. The van der Waals surface area contributed by atoms with E-state index in [0.717, 1.165) is 16.0 Å². The largest absolute Gasteiger partial charge is 0.497 e. The number of carbonyl (C=O) groups excluding carboxylic acids is 1. The number of ether oxygens (including phenoxy) is 2. The summed E-state index contributed by atoms with van der Waals surface area (Å²) in [5.41, 5.74) is 1.33. The van der Waals surface area contributed by atoms with Crippen LogP contribution in [-0.4, -0.2) is 41.1 Å². The Morgan fingerprint density at radius 2 is 2.12 bits per heavy atom. The van der Waals surface area contributed by atoms with Gasteiger partial charge < -0.3 is 14.0 Å². The topological polar surface area (TPSA) is 70.6 Å². The summed E-state index contributed by atoms with van der Waals surface area (Å²) >= 11 is 1.45. The minimum Gasteiger partial charge on any atom is -0.497 e. The smallest absolute Gasteiger partial charge is 0.300 e. The van der Waals surface area contributed by atoms with Crippen LogP contribution in [0.15, 0.2) is 35.5 Å². The first kappa shape index (κ1) is 18.3. The molecule has 0 fully saturated rings. The zero-order chi connectivity index (χ0) is 18.7. The highest BCUT2D eigenvalue weighted by molar-refractivity contribution is 7.16. The Morgan fingerprint density at radius 1 is 1.31 bits per heavy atom. The van der Waals surface area contributed by atoms with Gasteiger partial charge >= 0.3 is 0 Å². The van der Waals surface area contributed by atoms with Gasteiger partial charge in [0.05, 0.1) is 23.9 Å². The highest BCUT2D eigenvalue weighted by Crippen LogP contribution is 2.23. The summed E-state index contributed by atoms with van der Waals surface area (Å²) < 4.78 is 15.2. The lowest BCUT2D eigenvalue weighted by atomic mass is 10.3. The lowest BCUT2D eigenvalue weighted by Crippen LogP contribution is -2.19. The average molecular weight is 374 g/mol. The maximum Gasteiger partial charge on any atom is 0.300 e. The van der Waals surface area contributed by atoms with Gasteiger partial charge in [-0.3, -0.25) is 9.48 Å². The van der Waals surface area contributed by atoms with Gasteiger partial charge in [-0.25, -0.2) is 0 Å². The van der Waals surface area contributed by atoms with Gasteiger partial charge in [0, 0.05) is 25.9 Å². The molecule has 3 aromatic rings. The van der Waals surface area contributed by atoms with Crippen LogP contribution in [0.3, 0.4) is 0 Å². The molecule has 8 heteroatoms. The van der Waals surface area contributed by atoms with Crippen LogP contribution in [0.25, 0.3) is 10.2 Å². The molecule has 0 unspecified atom stereocenters. The maximum atomic E-state index is 12.6. The molecule has 2 heterocycles. The lowest BCUT2D eigenvalue weighted by molar-refractivity contribution is 0.0991. The van der Waals surface area contributed by atoms with E-state index in [9.17, 15) is 4.79 Å². The number of amides is 1. The molecule has 1 amide bonds. The third kappa shape index (κ3) is 3.71. The van der Waals surface area contributed by atoms with Gasteiger partial charge in [-0.1, -0.05) is 11.3 Å². The quantitative estimate of drug-likeness (QED) is 0.665. The molecule has 0 radical (unpaired) electrons. The van der Waals surface area contributed by atoms with E-state index in [1.54, 1.807) is 31.2 Å². The molecule has 0 aliphatic heterocycles. The number of benzene rings is 1. The molecular weight excluding hydrogens is 352 g/mol. The molecule has 26 heavy (non-hydrogen) atoms. The van der Waals surface area contributed by atoms with E-state index in [2.05, 4.69) is 10.1 Å². The third-order valence-corrected chi connectivity index (χ3v) is 5.00. The van der Waals surface area contributed by atoms with Gasteiger partial charge in [0.15, 0.2) is 10.5 Å². The zero-order valence-corrected chi connectivity index (χ0v) is 16.1.